The fourth-order valence-corrected chi connectivity index (χ4v) is 3.44. The number of rotatable bonds is 5. The normalized spacial score (nSPS) is 26.5. The van der Waals surface area contributed by atoms with Crippen molar-refractivity contribution >= 4 is 27.3 Å². The maximum atomic E-state index is 11.2. The van der Waals surface area contributed by atoms with Gasteiger partial charge in [-0.15, -0.1) is 0 Å². The second-order valence-electron chi connectivity index (χ2n) is 6.16. The van der Waals surface area contributed by atoms with Crippen LogP contribution < -0.4 is 5.32 Å². The highest BCUT2D eigenvalue weighted by molar-refractivity contribution is 9.10. The van der Waals surface area contributed by atoms with Crippen LogP contribution in [0.3, 0.4) is 0 Å². The van der Waals surface area contributed by atoms with Gasteiger partial charge < -0.3 is 15.5 Å². The number of halogens is 1. The Kier molecular flexibility index (Phi) is 5.41. The van der Waals surface area contributed by atoms with Crippen LogP contribution in [0.2, 0.25) is 0 Å². The number of nitro groups is 1. The number of hydrogen-bond acceptors (Lipinski definition) is 5. The van der Waals surface area contributed by atoms with Gasteiger partial charge in [0.2, 0.25) is 0 Å². The molecule has 1 saturated carbocycles. The van der Waals surface area contributed by atoms with E-state index in [1.54, 1.807) is 12.1 Å². The molecule has 0 bridgehead atoms. The maximum Gasteiger partial charge on any atom is 0.293 e. The fourth-order valence-electron chi connectivity index (χ4n) is 2.97. The summed E-state index contributed by atoms with van der Waals surface area (Å²) < 4.78 is 0.600. The largest absolute Gasteiger partial charge is 0.394 e. The van der Waals surface area contributed by atoms with E-state index in [0.29, 0.717) is 23.0 Å². The van der Waals surface area contributed by atoms with Gasteiger partial charge in [-0.25, -0.2) is 0 Å². The van der Waals surface area contributed by atoms with E-state index < -0.39 is 10.5 Å². The summed E-state index contributed by atoms with van der Waals surface area (Å²) in [7, 11) is 0. The van der Waals surface area contributed by atoms with E-state index in [4.69, 9.17) is 0 Å². The molecule has 0 aliphatic heterocycles. The van der Waals surface area contributed by atoms with Crippen molar-refractivity contribution in [3.63, 3.8) is 0 Å². The molecule has 0 saturated heterocycles. The van der Waals surface area contributed by atoms with E-state index in [2.05, 4.69) is 21.2 Å². The summed E-state index contributed by atoms with van der Waals surface area (Å²) in [4.78, 5) is 10.7. The summed E-state index contributed by atoms with van der Waals surface area (Å²) in [6, 6.07) is 4.51. The lowest BCUT2D eigenvalue weighted by Gasteiger charge is -2.37. The SMILES string of the molecule is CC1(O)CCC([C@H](CO)Nc2c(Br)cccc2[N+](=O)[O-])CC1. The Labute approximate surface area is 137 Å². The second-order valence-corrected chi connectivity index (χ2v) is 7.01. The molecule has 7 heteroatoms. The zero-order valence-electron chi connectivity index (χ0n) is 12.5. The molecular formula is C15H21BrN2O4. The summed E-state index contributed by atoms with van der Waals surface area (Å²) in [6.07, 6.45) is 2.91. The van der Waals surface area contributed by atoms with Crippen LogP contribution >= 0.6 is 15.9 Å². The van der Waals surface area contributed by atoms with Gasteiger partial charge in [0.05, 0.1) is 23.2 Å². The minimum Gasteiger partial charge on any atom is -0.394 e. The highest BCUT2D eigenvalue weighted by Gasteiger charge is 2.33. The quantitative estimate of drug-likeness (QED) is 0.545. The zero-order chi connectivity index (χ0) is 16.3. The first-order chi connectivity index (χ1) is 10.3. The molecule has 0 amide bonds. The molecule has 1 atom stereocenters. The number of aliphatic hydroxyl groups excluding tert-OH is 1. The lowest BCUT2D eigenvalue weighted by Crippen LogP contribution is -2.39. The predicted molar refractivity (Wildman–Crippen MR) is 87.9 cm³/mol. The van der Waals surface area contributed by atoms with Crippen LogP contribution in [0.15, 0.2) is 22.7 Å². The molecule has 122 valence electrons. The minimum absolute atomic E-state index is 0.0179. The molecule has 22 heavy (non-hydrogen) atoms. The Morgan fingerprint density at radius 2 is 2.14 bits per heavy atom. The predicted octanol–water partition coefficient (Wildman–Crippen LogP) is 3.07. The summed E-state index contributed by atoms with van der Waals surface area (Å²) in [6.45, 7) is 1.72. The fraction of sp³-hybridized carbons (Fsp3) is 0.600. The number of hydrogen-bond donors (Lipinski definition) is 3. The van der Waals surface area contributed by atoms with E-state index in [9.17, 15) is 20.3 Å². The molecule has 1 aliphatic rings. The standard InChI is InChI=1S/C15H21BrN2O4/c1-15(20)7-5-10(6-8-15)12(9-19)17-14-11(16)3-2-4-13(14)18(21)22/h2-4,10,12,17,19-20H,5-9H2,1H3/t10?,12-,15?/m0/s1. The summed E-state index contributed by atoms with van der Waals surface area (Å²) in [5, 5.41) is 34.0. The van der Waals surface area contributed by atoms with Gasteiger partial charge in [-0.05, 0) is 60.5 Å². The molecule has 0 radical (unpaired) electrons. The summed E-state index contributed by atoms with van der Waals surface area (Å²) in [5.74, 6) is 0.178. The van der Waals surface area contributed by atoms with Crippen LogP contribution in [0.4, 0.5) is 11.4 Å². The number of nitro benzene ring substituents is 1. The number of anilines is 1. The van der Waals surface area contributed by atoms with Crippen molar-refractivity contribution in [2.45, 2.75) is 44.2 Å². The van der Waals surface area contributed by atoms with E-state index in [1.165, 1.54) is 6.07 Å². The lowest BCUT2D eigenvalue weighted by molar-refractivity contribution is -0.384. The van der Waals surface area contributed by atoms with Gasteiger partial charge in [0, 0.05) is 10.5 Å². The van der Waals surface area contributed by atoms with Crippen molar-refractivity contribution < 1.29 is 15.1 Å². The van der Waals surface area contributed by atoms with E-state index in [0.717, 1.165) is 12.8 Å². The highest BCUT2D eigenvalue weighted by atomic mass is 79.9. The van der Waals surface area contributed by atoms with Crippen molar-refractivity contribution in [2.75, 3.05) is 11.9 Å². The van der Waals surface area contributed by atoms with Crippen LogP contribution in [0.1, 0.15) is 32.6 Å². The first-order valence-electron chi connectivity index (χ1n) is 7.37. The number of nitrogens with zero attached hydrogens (tertiary/aromatic N) is 1. The van der Waals surface area contributed by atoms with Gasteiger partial charge in [0.15, 0.2) is 0 Å². The lowest BCUT2D eigenvalue weighted by atomic mass is 9.77. The van der Waals surface area contributed by atoms with Crippen molar-refractivity contribution in [2.24, 2.45) is 5.92 Å². The third kappa shape index (κ3) is 3.97. The Morgan fingerprint density at radius 1 is 1.50 bits per heavy atom. The van der Waals surface area contributed by atoms with E-state index in [1.807, 2.05) is 6.92 Å². The van der Waals surface area contributed by atoms with Crippen LogP contribution in [0.25, 0.3) is 0 Å². The number of benzene rings is 1. The topological polar surface area (TPSA) is 95.6 Å². The van der Waals surface area contributed by atoms with Crippen molar-refractivity contribution in [1.82, 2.24) is 0 Å². The Bertz CT molecular complexity index is 540. The summed E-state index contributed by atoms with van der Waals surface area (Å²) in [5.41, 5.74) is -0.268. The average Bonchev–Trinajstić information content (AvgIpc) is 2.46. The Morgan fingerprint density at radius 3 is 2.68 bits per heavy atom. The van der Waals surface area contributed by atoms with Crippen LogP contribution in [-0.4, -0.2) is 33.4 Å². The van der Waals surface area contributed by atoms with E-state index in [-0.39, 0.29) is 24.3 Å². The van der Waals surface area contributed by atoms with Crippen molar-refractivity contribution in [1.29, 1.82) is 0 Å². The van der Waals surface area contributed by atoms with Gasteiger partial charge in [-0.3, -0.25) is 10.1 Å². The molecule has 0 heterocycles. The van der Waals surface area contributed by atoms with Crippen LogP contribution in [0.5, 0.6) is 0 Å². The molecule has 1 aromatic rings. The van der Waals surface area contributed by atoms with Crippen LogP contribution in [0, 0.1) is 16.0 Å². The number of aliphatic hydroxyl groups is 2. The molecule has 1 aliphatic carbocycles. The van der Waals surface area contributed by atoms with Gasteiger partial charge in [-0.2, -0.15) is 0 Å². The third-order valence-corrected chi connectivity index (χ3v) is 5.05. The molecule has 6 nitrogen and oxygen atoms in total. The smallest absolute Gasteiger partial charge is 0.293 e. The Hall–Kier alpha value is -1.18. The zero-order valence-corrected chi connectivity index (χ0v) is 14.0. The number of para-hydroxylation sites is 1. The monoisotopic (exact) mass is 372 g/mol. The summed E-state index contributed by atoms with van der Waals surface area (Å²) >= 11 is 3.33. The molecular weight excluding hydrogens is 352 g/mol. The number of nitrogens with one attached hydrogen (secondary N) is 1. The van der Waals surface area contributed by atoms with Crippen molar-refractivity contribution in [3.05, 3.63) is 32.8 Å². The first-order valence-corrected chi connectivity index (χ1v) is 8.16. The molecule has 0 aromatic heterocycles. The van der Waals surface area contributed by atoms with E-state index >= 15 is 0 Å². The molecule has 0 unspecified atom stereocenters. The maximum absolute atomic E-state index is 11.2. The molecule has 2 rings (SSSR count). The highest BCUT2D eigenvalue weighted by Crippen LogP contribution is 2.37. The van der Waals surface area contributed by atoms with Gasteiger partial charge in [0.1, 0.15) is 5.69 Å². The Balaban J connectivity index is 2.16. The van der Waals surface area contributed by atoms with Gasteiger partial charge >= 0.3 is 0 Å². The molecule has 0 spiro atoms. The second kappa shape index (κ2) is 6.93. The third-order valence-electron chi connectivity index (χ3n) is 4.39. The average molecular weight is 373 g/mol. The molecule has 1 fully saturated rings. The van der Waals surface area contributed by atoms with Crippen molar-refractivity contribution in [3.8, 4) is 0 Å². The van der Waals surface area contributed by atoms with Crippen LogP contribution in [-0.2, 0) is 0 Å². The minimum atomic E-state index is -0.643. The van der Waals surface area contributed by atoms with Gasteiger partial charge in [0.25, 0.3) is 5.69 Å². The first kappa shape index (κ1) is 17.2. The molecule has 1 aromatic carbocycles. The van der Waals surface area contributed by atoms with Gasteiger partial charge in [-0.1, -0.05) is 6.07 Å². The molecule has 3 N–H and O–H groups in total.